The monoisotopic (exact) mass is 585 g/mol. The van der Waals surface area contributed by atoms with Crippen molar-refractivity contribution < 1.29 is 18.4 Å². The van der Waals surface area contributed by atoms with Gasteiger partial charge in [0, 0.05) is 25.2 Å². The number of nitriles is 1. The van der Waals surface area contributed by atoms with Crippen LogP contribution in [0.1, 0.15) is 66.5 Å². The van der Waals surface area contributed by atoms with Gasteiger partial charge in [-0.2, -0.15) is 5.26 Å². The molecule has 2 heterocycles. The van der Waals surface area contributed by atoms with Crippen molar-refractivity contribution in [3.05, 3.63) is 35.4 Å². The van der Waals surface area contributed by atoms with Crippen LogP contribution in [-0.2, 0) is 13.6 Å². The summed E-state index contributed by atoms with van der Waals surface area (Å²) in [7, 11) is -4.01. The molecule has 1 amide bonds. The van der Waals surface area contributed by atoms with E-state index in [-0.39, 0.29) is 22.1 Å². The van der Waals surface area contributed by atoms with Gasteiger partial charge >= 0.3 is 0 Å². The predicted octanol–water partition coefficient (Wildman–Crippen LogP) is 6.63. The number of fused-ring (bicyclic) bond motifs is 1. The third kappa shape index (κ3) is 7.45. The summed E-state index contributed by atoms with van der Waals surface area (Å²) in [4.78, 5) is 17.7. The summed E-state index contributed by atoms with van der Waals surface area (Å²) in [6.07, 6.45) is 1.90. The van der Waals surface area contributed by atoms with Gasteiger partial charge in [-0.05, 0) is 74.4 Å². The molecule has 9 heteroatoms. The summed E-state index contributed by atoms with van der Waals surface area (Å²) >= 11 is 0. The fourth-order valence-electron chi connectivity index (χ4n) is 4.49. The highest BCUT2D eigenvalue weighted by Gasteiger charge is 2.42. The van der Waals surface area contributed by atoms with E-state index in [0.717, 1.165) is 17.8 Å². The number of hydrogen-bond acceptors (Lipinski definition) is 6. The lowest BCUT2D eigenvalue weighted by Gasteiger charge is -2.44. The van der Waals surface area contributed by atoms with E-state index in [9.17, 15) is 10.1 Å². The normalized spacial score (nSPS) is 19.4. The summed E-state index contributed by atoms with van der Waals surface area (Å²) in [6, 6.07) is 7.61. The van der Waals surface area contributed by atoms with Crippen LogP contribution < -0.4 is 4.74 Å². The van der Waals surface area contributed by atoms with Crippen LogP contribution in [0.25, 0.3) is 5.70 Å². The Morgan fingerprint density at radius 2 is 1.68 bits per heavy atom. The summed E-state index contributed by atoms with van der Waals surface area (Å²) < 4.78 is 19.7. The molecule has 0 saturated carbocycles. The van der Waals surface area contributed by atoms with E-state index >= 15 is 0 Å². The first-order chi connectivity index (χ1) is 18.2. The lowest BCUT2D eigenvalue weighted by atomic mass is 9.96. The second-order valence-electron chi connectivity index (χ2n) is 14.9. The Balaban J connectivity index is 1.79. The van der Waals surface area contributed by atoms with Crippen LogP contribution in [0.15, 0.2) is 24.3 Å². The molecule has 0 aromatic heterocycles. The van der Waals surface area contributed by atoms with E-state index in [1.165, 1.54) is 0 Å². The van der Waals surface area contributed by atoms with Gasteiger partial charge in [0.1, 0.15) is 11.4 Å². The molecule has 40 heavy (non-hydrogen) atoms. The van der Waals surface area contributed by atoms with Gasteiger partial charge in [-0.15, -0.1) is 0 Å². The minimum absolute atomic E-state index is 0.0416. The Kier molecular flexibility index (Phi) is 9.25. The van der Waals surface area contributed by atoms with E-state index in [4.69, 9.17) is 13.6 Å². The second kappa shape index (κ2) is 11.4. The molecule has 1 aromatic carbocycles. The molecule has 0 spiro atoms. The first-order valence-corrected chi connectivity index (χ1v) is 20.3. The smallest absolute Gasteiger partial charge is 0.241 e. The molecule has 0 bridgehead atoms. The van der Waals surface area contributed by atoms with E-state index in [1.54, 1.807) is 6.07 Å². The number of hydrogen-bond donors (Lipinski definition) is 0. The highest BCUT2D eigenvalue weighted by Crippen LogP contribution is 2.41. The van der Waals surface area contributed by atoms with Gasteiger partial charge in [-0.1, -0.05) is 41.5 Å². The lowest BCUT2D eigenvalue weighted by molar-refractivity contribution is -0.132. The number of carbonyl (C=O) groups is 1. The average molecular weight is 586 g/mol. The summed E-state index contributed by atoms with van der Waals surface area (Å²) in [5.74, 6) is 0.738. The van der Waals surface area contributed by atoms with Crippen molar-refractivity contribution >= 4 is 28.2 Å². The fraction of sp³-hybridized carbons (Fsp3) is 0.677. The van der Waals surface area contributed by atoms with Gasteiger partial charge in [0.15, 0.2) is 16.6 Å². The standard InChI is InChI=1S/C31H51N3O4Si2/c1-29(2,3)39(9,10)36-22-24(38-40(11,12)30(4,5)6)20-33-15-16-34(28(35)21-33)26-18-31(7,8)37-27-14-13-23(19-32)17-25(26)27/h13-14,17-18,24H,15-16,20-22H2,1-12H3. The van der Waals surface area contributed by atoms with E-state index < -0.39 is 22.2 Å². The van der Waals surface area contributed by atoms with Crippen LogP contribution in [0.5, 0.6) is 5.75 Å². The third-order valence-electron chi connectivity index (χ3n) is 9.00. The zero-order valence-electron chi connectivity index (χ0n) is 26.9. The molecule has 222 valence electrons. The molecular formula is C31H51N3O4Si2. The summed E-state index contributed by atoms with van der Waals surface area (Å²) in [5.41, 5.74) is 1.61. The fourth-order valence-corrected chi connectivity index (χ4v) is 6.85. The highest BCUT2D eigenvalue weighted by molar-refractivity contribution is 6.74. The zero-order valence-corrected chi connectivity index (χ0v) is 28.9. The number of rotatable bonds is 8. The molecule has 1 fully saturated rings. The Morgan fingerprint density at radius 3 is 2.23 bits per heavy atom. The van der Waals surface area contributed by atoms with Crippen LogP contribution in [0.3, 0.4) is 0 Å². The quantitative estimate of drug-likeness (QED) is 0.319. The van der Waals surface area contributed by atoms with Crippen molar-refractivity contribution in [2.75, 3.05) is 32.8 Å². The number of piperazine rings is 1. The Labute approximate surface area is 244 Å². The molecule has 7 nitrogen and oxygen atoms in total. The van der Waals surface area contributed by atoms with Gasteiger partial charge < -0.3 is 18.5 Å². The van der Waals surface area contributed by atoms with Gasteiger partial charge in [-0.3, -0.25) is 9.69 Å². The molecule has 1 unspecified atom stereocenters. The number of benzene rings is 1. The maximum Gasteiger partial charge on any atom is 0.241 e. The lowest BCUT2D eigenvalue weighted by Crippen LogP contribution is -2.55. The van der Waals surface area contributed by atoms with Crippen molar-refractivity contribution in [1.82, 2.24) is 9.80 Å². The molecular weight excluding hydrogens is 535 g/mol. The van der Waals surface area contributed by atoms with Crippen molar-refractivity contribution in [3.8, 4) is 11.8 Å². The number of ether oxygens (including phenoxy) is 1. The molecule has 3 rings (SSSR count). The maximum atomic E-state index is 13.6. The Morgan fingerprint density at radius 1 is 1.05 bits per heavy atom. The van der Waals surface area contributed by atoms with Crippen molar-refractivity contribution in [2.45, 2.75) is 103 Å². The molecule has 1 atom stereocenters. The minimum Gasteiger partial charge on any atom is -0.483 e. The molecule has 0 radical (unpaired) electrons. The largest absolute Gasteiger partial charge is 0.483 e. The van der Waals surface area contributed by atoms with Crippen LogP contribution in [0.2, 0.25) is 36.3 Å². The predicted molar refractivity (Wildman–Crippen MR) is 167 cm³/mol. The molecule has 2 aliphatic heterocycles. The zero-order chi connectivity index (χ0) is 30.3. The highest BCUT2D eigenvalue weighted by atomic mass is 28.4. The molecule has 0 aliphatic carbocycles. The van der Waals surface area contributed by atoms with Gasteiger partial charge in [-0.25, -0.2) is 0 Å². The maximum absolute atomic E-state index is 13.6. The van der Waals surface area contributed by atoms with Crippen LogP contribution in [-0.4, -0.2) is 76.8 Å². The second-order valence-corrected chi connectivity index (χ2v) is 24.5. The Hall–Kier alpha value is -1.97. The third-order valence-corrected chi connectivity index (χ3v) is 18.0. The van der Waals surface area contributed by atoms with Crippen molar-refractivity contribution in [2.24, 2.45) is 0 Å². The van der Waals surface area contributed by atoms with Gasteiger partial charge in [0.2, 0.25) is 5.91 Å². The van der Waals surface area contributed by atoms with Gasteiger partial charge in [0.05, 0.1) is 36.6 Å². The SMILES string of the molecule is CC1(C)C=C(N2CCN(CC(CO[Si](C)(C)C(C)(C)C)O[Si](C)(C)C(C)(C)C)CC2=O)c2cc(C#N)ccc2O1. The molecule has 0 N–H and O–H groups in total. The van der Waals surface area contributed by atoms with E-state index in [0.29, 0.717) is 37.6 Å². The van der Waals surface area contributed by atoms with Crippen LogP contribution >= 0.6 is 0 Å². The van der Waals surface area contributed by atoms with E-state index in [2.05, 4.69) is 78.7 Å². The number of amides is 1. The minimum atomic E-state index is -2.05. The van der Waals surface area contributed by atoms with Crippen LogP contribution in [0, 0.1) is 11.3 Å². The topological polar surface area (TPSA) is 75.0 Å². The summed E-state index contributed by atoms with van der Waals surface area (Å²) in [6.45, 7) is 29.4. The molecule has 1 saturated heterocycles. The first-order valence-electron chi connectivity index (χ1n) is 14.5. The number of carbonyl (C=O) groups excluding carboxylic acids is 1. The Bertz CT molecular complexity index is 1170. The van der Waals surface area contributed by atoms with E-state index in [1.807, 2.05) is 37.0 Å². The number of nitrogens with zero attached hydrogens (tertiary/aromatic N) is 3. The average Bonchev–Trinajstić information content (AvgIpc) is 2.80. The van der Waals surface area contributed by atoms with Crippen molar-refractivity contribution in [3.63, 3.8) is 0 Å². The van der Waals surface area contributed by atoms with Crippen molar-refractivity contribution in [1.29, 1.82) is 5.26 Å². The summed E-state index contributed by atoms with van der Waals surface area (Å²) in [5, 5.41) is 9.66. The van der Waals surface area contributed by atoms with Gasteiger partial charge in [0.25, 0.3) is 0 Å². The van der Waals surface area contributed by atoms with Crippen LogP contribution in [0.4, 0.5) is 0 Å². The molecule has 1 aromatic rings. The molecule has 2 aliphatic rings. The first kappa shape index (κ1) is 32.5.